The molecule has 0 bridgehead atoms. The summed E-state index contributed by atoms with van der Waals surface area (Å²) in [4.78, 5) is 13.6. The maximum atomic E-state index is 9.87. The minimum atomic E-state index is -1.65. The van der Waals surface area contributed by atoms with Crippen LogP contribution in [0, 0.1) is 0 Å². The molecule has 0 aliphatic carbocycles. The lowest BCUT2D eigenvalue weighted by molar-refractivity contribution is -0.132. The van der Waals surface area contributed by atoms with Crippen molar-refractivity contribution in [2.45, 2.75) is 31.3 Å². The van der Waals surface area contributed by atoms with Crippen LogP contribution in [0.1, 0.15) is 6.92 Å². The van der Waals surface area contributed by atoms with Crippen molar-refractivity contribution in [2.24, 2.45) is 5.90 Å². The topological polar surface area (TPSA) is 133 Å². The molecule has 14 heavy (non-hydrogen) atoms. The highest BCUT2D eigenvalue weighted by Crippen LogP contribution is 2.02. The first kappa shape index (κ1) is 15.9. The molecule has 0 heterocycles. The number of hydrogen-bond donors (Lipinski definition) is 5. The van der Waals surface area contributed by atoms with Gasteiger partial charge in [-0.05, 0) is 6.92 Å². The van der Waals surface area contributed by atoms with Crippen LogP contribution < -0.4 is 5.90 Å². The standard InChI is InChI=1S/C6H12O5.CH5NO/c1-3(8)5(10)6(11)4(9)2-7;1-3-2/h2-6,8-11H,1H3;2H2,1H3/t3-,4-,5-,6-;/m1./s1. The van der Waals surface area contributed by atoms with E-state index in [1.807, 2.05) is 0 Å². The van der Waals surface area contributed by atoms with E-state index in [4.69, 9.17) is 20.4 Å². The Labute approximate surface area is 81.7 Å². The fourth-order valence-electron chi connectivity index (χ4n) is 0.568. The molecule has 0 aliphatic heterocycles. The van der Waals surface area contributed by atoms with Gasteiger partial charge in [0.25, 0.3) is 0 Å². The maximum absolute atomic E-state index is 9.87. The van der Waals surface area contributed by atoms with Gasteiger partial charge < -0.3 is 30.1 Å². The molecule has 0 amide bonds. The molecule has 0 aromatic rings. The van der Waals surface area contributed by atoms with E-state index < -0.39 is 24.4 Å². The number of rotatable bonds is 4. The number of nitrogens with two attached hydrogens (primary N) is 1. The first-order chi connectivity index (χ1) is 6.42. The van der Waals surface area contributed by atoms with Crippen LogP contribution in [0.25, 0.3) is 0 Å². The third kappa shape index (κ3) is 6.89. The quantitative estimate of drug-likeness (QED) is 0.250. The summed E-state index contributed by atoms with van der Waals surface area (Å²) in [6, 6.07) is 0. The molecule has 4 atom stereocenters. The third-order valence-electron chi connectivity index (χ3n) is 1.33. The van der Waals surface area contributed by atoms with Gasteiger partial charge in [0.1, 0.15) is 18.3 Å². The van der Waals surface area contributed by atoms with Crippen molar-refractivity contribution in [1.82, 2.24) is 0 Å². The van der Waals surface area contributed by atoms with Crippen LogP contribution >= 0.6 is 0 Å². The molecular formula is C7H17NO6. The smallest absolute Gasteiger partial charge is 0.151 e. The summed E-state index contributed by atoms with van der Waals surface area (Å²) in [5.74, 6) is 4.35. The van der Waals surface area contributed by atoms with Crippen LogP contribution in [-0.4, -0.2) is 58.2 Å². The highest BCUT2D eigenvalue weighted by atomic mass is 16.6. The predicted octanol–water partition coefficient (Wildman–Crippen LogP) is -2.84. The Hall–Kier alpha value is -0.570. The fraction of sp³-hybridized carbons (Fsp3) is 0.857. The van der Waals surface area contributed by atoms with Gasteiger partial charge in [0.2, 0.25) is 0 Å². The molecule has 0 spiro atoms. The van der Waals surface area contributed by atoms with Crippen molar-refractivity contribution in [2.75, 3.05) is 7.11 Å². The number of hydrogen-bond acceptors (Lipinski definition) is 7. The van der Waals surface area contributed by atoms with E-state index in [0.29, 0.717) is 0 Å². The Kier molecular flexibility index (Phi) is 10.2. The minimum Gasteiger partial charge on any atom is -0.391 e. The molecule has 86 valence electrons. The number of aliphatic hydroxyl groups excluding tert-OH is 4. The largest absolute Gasteiger partial charge is 0.391 e. The lowest BCUT2D eigenvalue weighted by Gasteiger charge is -2.21. The third-order valence-corrected chi connectivity index (χ3v) is 1.33. The minimum absolute atomic E-state index is 0.0935. The maximum Gasteiger partial charge on any atom is 0.151 e. The fourth-order valence-corrected chi connectivity index (χ4v) is 0.568. The zero-order chi connectivity index (χ0) is 11.7. The van der Waals surface area contributed by atoms with Crippen LogP contribution in [0.5, 0.6) is 0 Å². The van der Waals surface area contributed by atoms with E-state index in [1.54, 1.807) is 0 Å². The molecule has 0 aromatic heterocycles. The summed E-state index contributed by atoms with van der Waals surface area (Å²) in [5, 5.41) is 35.1. The van der Waals surface area contributed by atoms with Crippen molar-refractivity contribution < 1.29 is 30.1 Å². The number of carbonyl (C=O) groups excluding carboxylic acids is 1. The van der Waals surface area contributed by atoms with Crippen LogP contribution in [0.15, 0.2) is 0 Å². The van der Waals surface area contributed by atoms with E-state index in [1.165, 1.54) is 14.0 Å². The van der Waals surface area contributed by atoms with E-state index in [0.717, 1.165) is 0 Å². The van der Waals surface area contributed by atoms with Gasteiger partial charge in [-0.3, -0.25) is 0 Å². The molecule has 0 aliphatic rings. The molecule has 0 saturated carbocycles. The second-order valence-corrected chi connectivity index (χ2v) is 2.58. The SMILES string of the molecule is CON.C[C@@H](O)[C@@H](O)[C@H](O)[C@H](O)C=O. The second kappa shape index (κ2) is 9.00. The molecular weight excluding hydrogens is 194 g/mol. The van der Waals surface area contributed by atoms with Crippen LogP contribution in [-0.2, 0) is 9.63 Å². The molecule has 0 saturated heterocycles. The first-order valence-electron chi connectivity index (χ1n) is 3.82. The van der Waals surface area contributed by atoms with Crippen LogP contribution in [0.4, 0.5) is 0 Å². The van der Waals surface area contributed by atoms with Gasteiger partial charge in [-0.1, -0.05) is 0 Å². The molecule has 7 heteroatoms. The zero-order valence-corrected chi connectivity index (χ0v) is 8.07. The molecule has 0 rings (SSSR count). The summed E-state index contributed by atoms with van der Waals surface area (Å²) in [6.45, 7) is 1.24. The molecule has 0 aromatic carbocycles. The molecule has 0 unspecified atom stereocenters. The van der Waals surface area contributed by atoms with Crippen LogP contribution in [0.2, 0.25) is 0 Å². The highest BCUT2D eigenvalue weighted by Gasteiger charge is 2.27. The Morgan fingerprint density at radius 2 is 1.57 bits per heavy atom. The van der Waals surface area contributed by atoms with Crippen molar-refractivity contribution >= 4 is 6.29 Å². The lowest BCUT2D eigenvalue weighted by atomic mass is 10.1. The van der Waals surface area contributed by atoms with E-state index in [9.17, 15) is 4.79 Å². The molecule has 0 radical (unpaired) electrons. The number of carbonyl (C=O) groups is 1. The van der Waals surface area contributed by atoms with Crippen molar-refractivity contribution in [3.05, 3.63) is 0 Å². The first-order valence-corrected chi connectivity index (χ1v) is 3.82. The summed E-state index contributed by atoms with van der Waals surface area (Å²) in [6.07, 6.45) is -5.88. The number of aldehydes is 1. The Morgan fingerprint density at radius 1 is 1.21 bits per heavy atom. The van der Waals surface area contributed by atoms with Gasteiger partial charge in [-0.2, -0.15) is 0 Å². The van der Waals surface area contributed by atoms with E-state index in [-0.39, 0.29) is 6.29 Å². The van der Waals surface area contributed by atoms with Gasteiger partial charge in [0.05, 0.1) is 13.2 Å². The number of aliphatic hydroxyl groups is 4. The Balaban J connectivity index is 0. The normalized spacial score (nSPS) is 18.5. The highest BCUT2D eigenvalue weighted by molar-refractivity contribution is 5.56. The summed E-state index contributed by atoms with van der Waals surface area (Å²) in [5.41, 5.74) is 0. The van der Waals surface area contributed by atoms with Crippen LogP contribution in [0.3, 0.4) is 0 Å². The van der Waals surface area contributed by atoms with Gasteiger partial charge in [-0.25, -0.2) is 5.90 Å². The summed E-state index contributed by atoms with van der Waals surface area (Å²) in [7, 11) is 1.40. The van der Waals surface area contributed by atoms with E-state index in [2.05, 4.69) is 10.7 Å². The average molecular weight is 211 g/mol. The summed E-state index contributed by atoms with van der Waals surface area (Å²) >= 11 is 0. The van der Waals surface area contributed by atoms with Gasteiger partial charge in [-0.15, -0.1) is 0 Å². The summed E-state index contributed by atoms with van der Waals surface area (Å²) < 4.78 is 0. The zero-order valence-electron chi connectivity index (χ0n) is 8.07. The monoisotopic (exact) mass is 211 g/mol. The Bertz CT molecular complexity index is 142. The lowest BCUT2D eigenvalue weighted by Crippen LogP contribution is -2.43. The van der Waals surface area contributed by atoms with Crippen molar-refractivity contribution in [1.29, 1.82) is 0 Å². The molecule has 7 nitrogen and oxygen atoms in total. The second-order valence-electron chi connectivity index (χ2n) is 2.58. The van der Waals surface area contributed by atoms with Gasteiger partial charge in [0.15, 0.2) is 6.29 Å². The van der Waals surface area contributed by atoms with E-state index >= 15 is 0 Å². The average Bonchev–Trinajstić information content (AvgIpc) is 2.15. The van der Waals surface area contributed by atoms with Gasteiger partial charge >= 0.3 is 0 Å². The molecule has 0 fully saturated rings. The molecule has 6 N–H and O–H groups in total. The van der Waals surface area contributed by atoms with Crippen molar-refractivity contribution in [3.8, 4) is 0 Å². The van der Waals surface area contributed by atoms with Crippen molar-refractivity contribution in [3.63, 3.8) is 0 Å². The predicted molar refractivity (Wildman–Crippen MR) is 47.0 cm³/mol. The van der Waals surface area contributed by atoms with Gasteiger partial charge in [0, 0.05) is 0 Å². The Morgan fingerprint density at radius 3 is 1.79 bits per heavy atom.